The molecular weight excluding hydrogens is 298 g/mol. The van der Waals surface area contributed by atoms with Gasteiger partial charge in [-0.25, -0.2) is 4.99 Å². The molecular formula is C20H21N3O. The molecule has 0 aliphatic carbocycles. The topological polar surface area (TPSA) is 37.7 Å². The molecule has 5 heterocycles. The molecule has 1 unspecified atom stereocenters. The third-order valence-corrected chi connectivity index (χ3v) is 5.56. The van der Waals surface area contributed by atoms with Crippen LogP contribution in [-0.2, 0) is 6.42 Å². The number of para-hydroxylation sites is 1. The number of aliphatic imine (C=N–C) groups is 1. The van der Waals surface area contributed by atoms with Gasteiger partial charge >= 0.3 is 0 Å². The first-order valence-corrected chi connectivity index (χ1v) is 8.87. The number of rotatable bonds is 1. The van der Waals surface area contributed by atoms with Crippen molar-refractivity contribution >= 4 is 5.90 Å². The lowest BCUT2D eigenvalue weighted by molar-refractivity contribution is 0.0900. The largest absolute Gasteiger partial charge is 0.437 e. The molecule has 4 heteroatoms. The summed E-state index contributed by atoms with van der Waals surface area (Å²) in [6.45, 7) is 3.51. The lowest BCUT2D eigenvalue weighted by Crippen LogP contribution is -2.50. The van der Waals surface area contributed by atoms with Gasteiger partial charge in [0.2, 0.25) is 5.90 Å². The summed E-state index contributed by atoms with van der Waals surface area (Å²) in [5, 5.41) is 0. The number of benzene rings is 1. The Labute approximate surface area is 142 Å². The lowest BCUT2D eigenvalue weighted by atomic mass is 9.84. The third-order valence-electron chi connectivity index (χ3n) is 5.56. The molecule has 122 valence electrons. The van der Waals surface area contributed by atoms with E-state index in [-0.39, 0.29) is 0 Å². The van der Waals surface area contributed by atoms with E-state index in [1.165, 1.54) is 37.1 Å². The fourth-order valence-electron chi connectivity index (χ4n) is 4.20. The summed E-state index contributed by atoms with van der Waals surface area (Å²) in [4.78, 5) is 12.2. The summed E-state index contributed by atoms with van der Waals surface area (Å²) in [5.74, 6) is 2.31. The Hall–Kier alpha value is -2.20. The highest BCUT2D eigenvalue weighted by Crippen LogP contribution is 2.32. The van der Waals surface area contributed by atoms with Crippen LogP contribution in [0.2, 0.25) is 0 Å². The number of fused-ring (bicyclic) bond motifs is 5. The van der Waals surface area contributed by atoms with E-state index in [2.05, 4.69) is 28.1 Å². The fourth-order valence-corrected chi connectivity index (χ4v) is 4.20. The second-order valence-corrected chi connectivity index (χ2v) is 7.04. The number of hydrogen-bond acceptors (Lipinski definition) is 4. The van der Waals surface area contributed by atoms with Crippen LogP contribution in [-0.4, -0.2) is 41.5 Å². The first kappa shape index (κ1) is 14.2. The van der Waals surface area contributed by atoms with E-state index < -0.39 is 0 Å². The number of aromatic nitrogens is 1. The van der Waals surface area contributed by atoms with Gasteiger partial charge in [-0.05, 0) is 55.1 Å². The van der Waals surface area contributed by atoms with E-state index >= 15 is 0 Å². The lowest BCUT2D eigenvalue weighted by Gasteiger charge is -2.43. The predicted molar refractivity (Wildman–Crippen MR) is 93.6 cm³/mol. The number of pyridine rings is 1. The highest BCUT2D eigenvalue weighted by Gasteiger charge is 2.35. The van der Waals surface area contributed by atoms with Gasteiger partial charge in [0, 0.05) is 19.2 Å². The molecule has 1 atom stereocenters. The molecule has 0 spiro atoms. The van der Waals surface area contributed by atoms with Gasteiger partial charge in [0.05, 0.1) is 6.04 Å². The van der Waals surface area contributed by atoms with Crippen LogP contribution in [0.25, 0.3) is 0 Å². The van der Waals surface area contributed by atoms with E-state index in [0.29, 0.717) is 17.9 Å². The number of ether oxygens (including phenoxy) is 1. The fraction of sp³-hybridized carbons (Fsp3) is 0.400. The summed E-state index contributed by atoms with van der Waals surface area (Å²) in [7, 11) is 0. The number of hydrogen-bond donors (Lipinski definition) is 0. The minimum atomic E-state index is 0.336. The van der Waals surface area contributed by atoms with Crippen molar-refractivity contribution in [2.24, 2.45) is 10.9 Å². The molecule has 2 bridgehead atoms. The predicted octanol–water partition coefficient (Wildman–Crippen LogP) is 2.91. The van der Waals surface area contributed by atoms with Crippen LogP contribution >= 0.6 is 0 Å². The van der Waals surface area contributed by atoms with E-state index in [1.54, 1.807) is 0 Å². The van der Waals surface area contributed by atoms with Crippen LogP contribution in [0.3, 0.4) is 0 Å². The van der Waals surface area contributed by atoms with Crippen LogP contribution in [0.15, 0.2) is 47.6 Å². The zero-order valence-electron chi connectivity index (χ0n) is 13.7. The molecule has 1 aromatic heterocycles. The molecule has 4 aliphatic rings. The smallest absolute Gasteiger partial charge is 0.241 e. The van der Waals surface area contributed by atoms with E-state index in [9.17, 15) is 0 Å². The Morgan fingerprint density at radius 3 is 2.71 bits per heavy atom. The highest BCUT2D eigenvalue weighted by molar-refractivity contribution is 5.96. The number of nitrogens with zero attached hydrogens (tertiary/aromatic N) is 3. The molecule has 4 nitrogen and oxygen atoms in total. The van der Waals surface area contributed by atoms with Gasteiger partial charge in [0.1, 0.15) is 11.4 Å². The Bertz CT molecular complexity index is 793. The number of piperidine rings is 3. The standard InChI is InChI=1S/C20H21N3O/c1-2-6-18-15(4-1)12-16-5-3-9-21-19(16)20(24-18)22-17-13-23-10-7-14(17)8-11-23/h1-6,9,14,17H,7-8,10-13H2. The van der Waals surface area contributed by atoms with Gasteiger partial charge in [-0.15, -0.1) is 0 Å². The monoisotopic (exact) mass is 319 g/mol. The highest BCUT2D eigenvalue weighted by atomic mass is 16.5. The van der Waals surface area contributed by atoms with Crippen LogP contribution < -0.4 is 4.74 Å². The average Bonchev–Trinajstić information content (AvgIpc) is 2.79. The first-order valence-electron chi connectivity index (χ1n) is 8.87. The third kappa shape index (κ3) is 2.42. The van der Waals surface area contributed by atoms with Gasteiger partial charge in [0.15, 0.2) is 0 Å². The van der Waals surface area contributed by atoms with Crippen molar-refractivity contribution in [2.45, 2.75) is 25.3 Å². The van der Waals surface area contributed by atoms with E-state index in [1.807, 2.05) is 24.4 Å². The van der Waals surface area contributed by atoms with Crippen LogP contribution in [0.1, 0.15) is 29.7 Å². The normalized spacial score (nSPS) is 29.5. The minimum Gasteiger partial charge on any atom is -0.437 e. The SMILES string of the molecule is c1ccc2c(c1)Cc1cccnc1C(=NC1CN3CCC1CC3)O2. The molecule has 6 rings (SSSR count). The molecule has 0 amide bonds. The van der Waals surface area contributed by atoms with Crippen LogP contribution in [0.5, 0.6) is 5.75 Å². The van der Waals surface area contributed by atoms with Crippen molar-refractivity contribution in [1.29, 1.82) is 0 Å². The van der Waals surface area contributed by atoms with Gasteiger partial charge in [-0.1, -0.05) is 24.3 Å². The molecule has 2 aromatic rings. The van der Waals surface area contributed by atoms with Crippen molar-refractivity contribution in [2.75, 3.05) is 19.6 Å². The van der Waals surface area contributed by atoms with E-state index in [0.717, 1.165) is 24.4 Å². The molecule has 0 N–H and O–H groups in total. The molecule has 3 fully saturated rings. The van der Waals surface area contributed by atoms with Crippen molar-refractivity contribution in [3.05, 3.63) is 59.4 Å². The summed E-state index contributed by atoms with van der Waals surface area (Å²) in [5.41, 5.74) is 3.30. The second kappa shape index (κ2) is 5.71. The molecule has 1 aromatic carbocycles. The summed E-state index contributed by atoms with van der Waals surface area (Å²) in [6, 6.07) is 12.7. The van der Waals surface area contributed by atoms with Crippen molar-refractivity contribution in [3.63, 3.8) is 0 Å². The second-order valence-electron chi connectivity index (χ2n) is 7.04. The van der Waals surface area contributed by atoms with Crippen LogP contribution in [0.4, 0.5) is 0 Å². The Morgan fingerprint density at radius 2 is 1.88 bits per heavy atom. The summed E-state index contributed by atoms with van der Waals surface area (Å²) < 4.78 is 6.26. The van der Waals surface area contributed by atoms with Gasteiger partial charge in [-0.3, -0.25) is 4.98 Å². The maximum Gasteiger partial charge on any atom is 0.241 e. The van der Waals surface area contributed by atoms with Crippen molar-refractivity contribution in [3.8, 4) is 5.75 Å². The Kier molecular flexibility index (Phi) is 3.37. The zero-order chi connectivity index (χ0) is 15.9. The van der Waals surface area contributed by atoms with Crippen molar-refractivity contribution < 1.29 is 4.74 Å². The zero-order valence-corrected chi connectivity index (χ0v) is 13.7. The Morgan fingerprint density at radius 1 is 1.04 bits per heavy atom. The quantitative estimate of drug-likeness (QED) is 0.811. The van der Waals surface area contributed by atoms with Gasteiger partial charge in [-0.2, -0.15) is 0 Å². The molecule has 3 saturated heterocycles. The maximum absolute atomic E-state index is 6.26. The minimum absolute atomic E-state index is 0.336. The molecule has 0 saturated carbocycles. The first-order chi connectivity index (χ1) is 11.9. The summed E-state index contributed by atoms with van der Waals surface area (Å²) >= 11 is 0. The summed E-state index contributed by atoms with van der Waals surface area (Å²) in [6.07, 6.45) is 5.20. The molecule has 24 heavy (non-hydrogen) atoms. The van der Waals surface area contributed by atoms with Gasteiger partial charge < -0.3 is 9.64 Å². The average molecular weight is 319 g/mol. The van der Waals surface area contributed by atoms with E-state index in [4.69, 9.17) is 9.73 Å². The molecule has 4 aliphatic heterocycles. The van der Waals surface area contributed by atoms with Gasteiger partial charge in [0.25, 0.3) is 0 Å². The van der Waals surface area contributed by atoms with Crippen molar-refractivity contribution in [1.82, 2.24) is 9.88 Å². The maximum atomic E-state index is 6.26. The Balaban J connectivity index is 1.58. The van der Waals surface area contributed by atoms with Crippen LogP contribution in [0, 0.1) is 5.92 Å². The molecule has 0 radical (unpaired) electrons.